The first-order valence-electron chi connectivity index (χ1n) is 4.12. The minimum absolute atomic E-state index is 0.380. The first-order chi connectivity index (χ1) is 6.58. The van der Waals surface area contributed by atoms with E-state index in [-0.39, 0.29) is 15.0 Å². The van der Waals surface area contributed by atoms with E-state index in [1.165, 1.54) is 6.92 Å². The Morgan fingerprint density at radius 3 is 2.50 bits per heavy atom. The predicted molar refractivity (Wildman–Crippen MR) is 53.8 cm³/mol. The number of halogens is 1. The van der Waals surface area contributed by atoms with Crippen LogP contribution < -0.4 is 4.46 Å². The van der Waals surface area contributed by atoms with Crippen LogP contribution in [0.5, 0.6) is 0 Å². The van der Waals surface area contributed by atoms with Crippen LogP contribution in [0.2, 0.25) is 4.31 Å². The zero-order valence-electron chi connectivity index (χ0n) is 7.74. The molecule has 0 radical (unpaired) electrons. The normalized spacial score (nSPS) is 14.7. The second-order valence-electron chi connectivity index (χ2n) is 3.08. The van der Waals surface area contributed by atoms with Gasteiger partial charge in [-0.2, -0.15) is 0 Å². The summed E-state index contributed by atoms with van der Waals surface area (Å²) in [5.41, 5.74) is 0. The van der Waals surface area contributed by atoms with Crippen molar-refractivity contribution >= 4 is 25.4 Å². The molecule has 0 bridgehead atoms. The first kappa shape index (κ1) is 11.2. The van der Waals surface area contributed by atoms with E-state index in [0.717, 1.165) is 4.46 Å². The van der Waals surface area contributed by atoms with Gasteiger partial charge in [0.2, 0.25) is 0 Å². The minimum atomic E-state index is -1.24. The van der Waals surface area contributed by atoms with Gasteiger partial charge < -0.3 is 0 Å². The summed E-state index contributed by atoms with van der Waals surface area (Å²) in [7, 11) is 0. The molecule has 2 nitrogen and oxygen atoms in total. The molecular weight excluding hydrogens is 250 g/mol. The quantitative estimate of drug-likeness (QED) is 0.828. The third-order valence-electron chi connectivity index (χ3n) is 1.79. The molecule has 0 aliphatic carbocycles. The van der Waals surface area contributed by atoms with Crippen molar-refractivity contribution in [2.24, 2.45) is 0 Å². The number of carboxylic acid groups (broad SMARTS) is 1. The summed E-state index contributed by atoms with van der Waals surface area (Å²) >= 11 is -0.380. The zero-order chi connectivity index (χ0) is 10.6. The van der Waals surface area contributed by atoms with E-state index in [9.17, 15) is 9.18 Å². The summed E-state index contributed by atoms with van der Waals surface area (Å²) in [5, 5.41) is 8.87. The van der Waals surface area contributed by atoms with Crippen LogP contribution in [-0.2, 0) is 4.79 Å². The molecule has 1 unspecified atom stereocenters. The van der Waals surface area contributed by atoms with Gasteiger partial charge in [0.15, 0.2) is 0 Å². The Kier molecular flexibility index (Phi) is 3.67. The molecule has 14 heavy (non-hydrogen) atoms. The summed E-state index contributed by atoms with van der Waals surface area (Å²) < 4.78 is 12.3. The van der Waals surface area contributed by atoms with Gasteiger partial charge in [-0.05, 0) is 0 Å². The molecule has 1 aromatic rings. The van der Waals surface area contributed by atoms with Crippen LogP contribution in [-0.4, -0.2) is 32.7 Å². The molecule has 0 fully saturated rings. The number of hydrogen-bond donors (Lipinski definition) is 1. The van der Waals surface area contributed by atoms with E-state index < -0.39 is 17.0 Å². The van der Waals surface area contributed by atoms with E-state index in [4.69, 9.17) is 5.11 Å². The van der Waals surface area contributed by atoms with E-state index >= 15 is 0 Å². The number of carbonyl (C=O) groups is 1. The maximum absolute atomic E-state index is 12.6. The van der Waals surface area contributed by atoms with Crippen LogP contribution in [0.25, 0.3) is 0 Å². The van der Waals surface area contributed by atoms with E-state index in [0.29, 0.717) is 0 Å². The molecule has 1 rings (SSSR count). The molecule has 0 aliphatic heterocycles. The van der Waals surface area contributed by atoms with Gasteiger partial charge in [-0.3, -0.25) is 0 Å². The SMILES string of the molecule is CC(CF)([Se]c1ccccc1)C(=O)O. The Morgan fingerprint density at radius 1 is 1.50 bits per heavy atom. The van der Waals surface area contributed by atoms with Crippen LogP contribution in [0.1, 0.15) is 6.92 Å². The number of carboxylic acids is 1. The average molecular weight is 261 g/mol. The van der Waals surface area contributed by atoms with Gasteiger partial charge in [0.1, 0.15) is 0 Å². The molecule has 1 atom stereocenters. The van der Waals surface area contributed by atoms with Crippen LogP contribution >= 0.6 is 0 Å². The third-order valence-corrected chi connectivity index (χ3v) is 4.40. The van der Waals surface area contributed by atoms with Crippen LogP contribution in [0.15, 0.2) is 30.3 Å². The summed E-state index contributed by atoms with van der Waals surface area (Å²) in [6.07, 6.45) is 0. The predicted octanol–water partition coefficient (Wildman–Crippen LogP) is 1.25. The molecule has 1 N–H and O–H groups in total. The Balaban J connectivity index is 2.81. The summed E-state index contributed by atoms with van der Waals surface area (Å²) in [6.45, 7) is 0.625. The fraction of sp³-hybridized carbons (Fsp3) is 0.300. The molecule has 0 amide bonds. The molecule has 1 aromatic carbocycles. The van der Waals surface area contributed by atoms with Gasteiger partial charge in [-0.25, -0.2) is 0 Å². The van der Waals surface area contributed by atoms with Crippen LogP contribution in [0.4, 0.5) is 4.39 Å². The van der Waals surface area contributed by atoms with Crippen molar-refractivity contribution in [2.45, 2.75) is 11.2 Å². The maximum atomic E-state index is 12.6. The topological polar surface area (TPSA) is 37.3 Å². The van der Waals surface area contributed by atoms with Crippen molar-refractivity contribution in [3.63, 3.8) is 0 Å². The van der Waals surface area contributed by atoms with E-state index in [2.05, 4.69) is 0 Å². The van der Waals surface area contributed by atoms with Gasteiger partial charge in [-0.1, -0.05) is 0 Å². The number of rotatable bonds is 4. The van der Waals surface area contributed by atoms with Gasteiger partial charge in [-0.15, -0.1) is 0 Å². The Bertz CT molecular complexity index is 315. The second-order valence-corrected chi connectivity index (χ2v) is 6.39. The Morgan fingerprint density at radius 2 is 2.07 bits per heavy atom. The van der Waals surface area contributed by atoms with E-state index in [1.54, 1.807) is 0 Å². The number of aliphatic carboxylic acids is 1. The summed E-state index contributed by atoms with van der Waals surface area (Å²) in [6, 6.07) is 9.18. The number of hydrogen-bond acceptors (Lipinski definition) is 1. The summed E-state index contributed by atoms with van der Waals surface area (Å²) in [4.78, 5) is 10.8. The monoisotopic (exact) mass is 262 g/mol. The fourth-order valence-corrected chi connectivity index (χ4v) is 2.88. The average Bonchev–Trinajstić information content (AvgIpc) is 2.19. The molecule has 0 aliphatic rings. The van der Waals surface area contributed by atoms with Gasteiger partial charge in [0, 0.05) is 0 Å². The van der Waals surface area contributed by atoms with Crippen molar-refractivity contribution in [1.29, 1.82) is 0 Å². The molecule has 0 spiro atoms. The van der Waals surface area contributed by atoms with Crippen LogP contribution in [0, 0.1) is 0 Å². The molecule has 0 heterocycles. The molecule has 0 saturated carbocycles. The third kappa shape index (κ3) is 2.56. The number of alkyl halides is 1. The van der Waals surface area contributed by atoms with Crippen molar-refractivity contribution in [2.75, 3.05) is 6.67 Å². The number of benzene rings is 1. The van der Waals surface area contributed by atoms with Gasteiger partial charge >= 0.3 is 87.9 Å². The van der Waals surface area contributed by atoms with E-state index in [1.807, 2.05) is 30.3 Å². The van der Waals surface area contributed by atoms with Crippen molar-refractivity contribution in [3.8, 4) is 0 Å². The molecule has 0 aromatic heterocycles. The van der Waals surface area contributed by atoms with Crippen molar-refractivity contribution < 1.29 is 14.3 Å². The molecular formula is C10H11FO2Se. The van der Waals surface area contributed by atoms with Crippen molar-refractivity contribution in [3.05, 3.63) is 30.3 Å². The Labute approximate surface area is 88.3 Å². The van der Waals surface area contributed by atoms with Gasteiger partial charge in [0.05, 0.1) is 0 Å². The molecule has 76 valence electrons. The van der Waals surface area contributed by atoms with Crippen LogP contribution in [0.3, 0.4) is 0 Å². The second kappa shape index (κ2) is 4.58. The van der Waals surface area contributed by atoms with Crippen molar-refractivity contribution in [1.82, 2.24) is 0 Å². The fourth-order valence-electron chi connectivity index (χ4n) is 0.877. The molecule has 0 saturated heterocycles. The Hall–Kier alpha value is -0.861. The zero-order valence-corrected chi connectivity index (χ0v) is 9.45. The standard InChI is InChI=1S/C10H11FO2Se/c1-10(7-11,9(12)13)14-8-5-3-2-4-6-8/h2-6H,7H2,1H3,(H,12,13). The summed E-state index contributed by atoms with van der Waals surface area (Å²) in [5.74, 6) is -1.07. The molecule has 4 heteroatoms. The van der Waals surface area contributed by atoms with Gasteiger partial charge in [0.25, 0.3) is 0 Å². The first-order valence-corrected chi connectivity index (χ1v) is 5.83.